The third-order valence-corrected chi connectivity index (χ3v) is 3.86. The van der Waals surface area contributed by atoms with Crippen molar-refractivity contribution in [1.29, 1.82) is 0 Å². The van der Waals surface area contributed by atoms with Crippen LogP contribution in [0.15, 0.2) is 43.1 Å². The Hall–Kier alpha value is -3.62. The summed E-state index contributed by atoms with van der Waals surface area (Å²) in [5.74, 6) is 1.76. The number of carbonyl (C=O) groups is 1. The van der Waals surface area contributed by atoms with Gasteiger partial charge < -0.3 is 19.5 Å². The summed E-state index contributed by atoms with van der Waals surface area (Å²) in [6.07, 6.45) is 4.66. The molecule has 152 valence electrons. The highest BCUT2D eigenvalue weighted by Crippen LogP contribution is 2.39. The molecule has 1 N–H and O–H groups in total. The van der Waals surface area contributed by atoms with Crippen molar-refractivity contribution in [3.05, 3.63) is 48.7 Å². The third-order valence-electron chi connectivity index (χ3n) is 3.86. The van der Waals surface area contributed by atoms with Crippen molar-refractivity contribution in [1.82, 2.24) is 19.7 Å². The number of amides is 1. The Balaban J connectivity index is 1.84. The molecule has 1 aromatic carbocycles. The summed E-state index contributed by atoms with van der Waals surface area (Å²) >= 11 is 0. The first-order valence-corrected chi connectivity index (χ1v) is 9.35. The molecule has 0 aliphatic carbocycles. The van der Waals surface area contributed by atoms with E-state index in [1.807, 2.05) is 20.8 Å². The van der Waals surface area contributed by atoms with Crippen LogP contribution in [0.1, 0.15) is 31.1 Å². The summed E-state index contributed by atoms with van der Waals surface area (Å²) in [5.41, 5.74) is 0.944. The van der Waals surface area contributed by atoms with E-state index >= 15 is 0 Å². The maximum atomic E-state index is 12.8. The Kier molecular flexibility index (Phi) is 6.62. The molecule has 0 fully saturated rings. The molecular formula is C20H23N5O4. The summed E-state index contributed by atoms with van der Waals surface area (Å²) in [7, 11) is 0. The minimum atomic E-state index is -0.311. The van der Waals surface area contributed by atoms with Crippen LogP contribution in [-0.4, -0.2) is 45.5 Å². The van der Waals surface area contributed by atoms with E-state index < -0.39 is 0 Å². The zero-order valence-corrected chi connectivity index (χ0v) is 16.6. The van der Waals surface area contributed by atoms with Crippen LogP contribution in [0.5, 0.6) is 17.2 Å². The van der Waals surface area contributed by atoms with Gasteiger partial charge in [0, 0.05) is 5.56 Å². The van der Waals surface area contributed by atoms with Crippen LogP contribution in [0.3, 0.4) is 0 Å². The summed E-state index contributed by atoms with van der Waals surface area (Å²) in [5, 5.41) is 10.3. The second-order valence-corrected chi connectivity index (χ2v) is 5.83. The van der Waals surface area contributed by atoms with Gasteiger partial charge in [0.05, 0.1) is 31.7 Å². The average Bonchev–Trinajstić information content (AvgIpc) is 3.26. The predicted molar refractivity (Wildman–Crippen MR) is 107 cm³/mol. The summed E-state index contributed by atoms with van der Waals surface area (Å²) in [6.45, 7) is 6.94. The molecule has 0 radical (unpaired) electrons. The van der Waals surface area contributed by atoms with Crippen LogP contribution in [0, 0.1) is 0 Å². The molecule has 0 atom stereocenters. The second kappa shape index (κ2) is 9.54. The molecule has 9 nitrogen and oxygen atoms in total. The molecule has 0 bridgehead atoms. The van der Waals surface area contributed by atoms with E-state index in [9.17, 15) is 4.79 Å². The number of hydrogen-bond acceptors (Lipinski definition) is 7. The molecule has 2 heterocycles. The van der Waals surface area contributed by atoms with E-state index in [2.05, 4.69) is 20.5 Å². The van der Waals surface area contributed by atoms with Crippen LogP contribution in [0.25, 0.3) is 5.82 Å². The van der Waals surface area contributed by atoms with Crippen molar-refractivity contribution in [2.45, 2.75) is 20.8 Å². The van der Waals surface area contributed by atoms with Gasteiger partial charge in [0.15, 0.2) is 11.5 Å². The van der Waals surface area contributed by atoms with E-state index in [1.54, 1.807) is 47.7 Å². The topological polar surface area (TPSA) is 100 Å². The number of nitrogens with zero attached hydrogens (tertiary/aromatic N) is 4. The number of ether oxygens (including phenoxy) is 3. The Morgan fingerprint density at radius 1 is 0.966 bits per heavy atom. The number of anilines is 1. The van der Waals surface area contributed by atoms with Gasteiger partial charge >= 0.3 is 0 Å². The predicted octanol–water partition coefficient (Wildman–Crippen LogP) is 3.11. The average molecular weight is 397 g/mol. The number of aromatic nitrogens is 4. The van der Waals surface area contributed by atoms with Gasteiger partial charge in [0.2, 0.25) is 5.75 Å². The fourth-order valence-electron chi connectivity index (χ4n) is 2.65. The number of rotatable bonds is 9. The lowest BCUT2D eigenvalue weighted by Crippen LogP contribution is -2.13. The van der Waals surface area contributed by atoms with Crippen molar-refractivity contribution in [2.24, 2.45) is 0 Å². The third kappa shape index (κ3) is 4.81. The highest BCUT2D eigenvalue weighted by molar-refractivity contribution is 6.05. The van der Waals surface area contributed by atoms with E-state index in [0.29, 0.717) is 54.1 Å². The first-order chi connectivity index (χ1) is 14.2. The number of benzene rings is 1. The van der Waals surface area contributed by atoms with Crippen molar-refractivity contribution >= 4 is 11.6 Å². The Morgan fingerprint density at radius 2 is 1.59 bits per heavy atom. The quantitative estimate of drug-likeness (QED) is 0.592. The lowest BCUT2D eigenvalue weighted by molar-refractivity contribution is 0.102. The van der Waals surface area contributed by atoms with E-state index in [1.165, 1.54) is 0 Å². The molecule has 9 heteroatoms. The summed E-state index contributed by atoms with van der Waals surface area (Å²) in [6, 6.07) is 6.80. The zero-order chi connectivity index (χ0) is 20.6. The Bertz CT molecular complexity index is 915. The van der Waals surface area contributed by atoms with Gasteiger partial charge in [-0.2, -0.15) is 0 Å². The zero-order valence-electron chi connectivity index (χ0n) is 16.6. The fraction of sp³-hybridized carbons (Fsp3) is 0.300. The van der Waals surface area contributed by atoms with Crippen LogP contribution < -0.4 is 19.5 Å². The fourth-order valence-corrected chi connectivity index (χ4v) is 2.65. The van der Waals surface area contributed by atoms with Gasteiger partial charge in [0.25, 0.3) is 5.91 Å². The smallest absolute Gasteiger partial charge is 0.255 e. The van der Waals surface area contributed by atoms with Crippen LogP contribution in [0.2, 0.25) is 0 Å². The number of nitrogens with one attached hydrogen (secondary N) is 1. The molecule has 0 aliphatic heterocycles. The second-order valence-electron chi connectivity index (χ2n) is 5.83. The normalized spacial score (nSPS) is 10.4. The van der Waals surface area contributed by atoms with Crippen molar-refractivity contribution in [3.63, 3.8) is 0 Å². The van der Waals surface area contributed by atoms with Gasteiger partial charge in [-0.1, -0.05) is 0 Å². The molecule has 3 rings (SSSR count). The van der Waals surface area contributed by atoms with E-state index in [-0.39, 0.29) is 5.91 Å². The molecule has 0 spiro atoms. The lowest BCUT2D eigenvalue weighted by atomic mass is 10.1. The first-order valence-electron chi connectivity index (χ1n) is 9.35. The van der Waals surface area contributed by atoms with Gasteiger partial charge in [-0.15, -0.1) is 10.2 Å². The van der Waals surface area contributed by atoms with Gasteiger partial charge in [-0.05, 0) is 45.0 Å². The van der Waals surface area contributed by atoms with Crippen molar-refractivity contribution < 1.29 is 19.0 Å². The first kappa shape index (κ1) is 20.1. The standard InChI is InChI=1S/C20H23N5O4/c1-4-27-16-9-14(10-17(28-5-2)19(16)29-6-3)20(26)24-15-7-8-18(21-11-15)25-12-22-23-13-25/h7-13H,4-6H2,1-3H3,(H,24,26). The van der Waals surface area contributed by atoms with E-state index in [4.69, 9.17) is 14.2 Å². The molecule has 0 saturated heterocycles. The molecule has 2 aromatic heterocycles. The highest BCUT2D eigenvalue weighted by Gasteiger charge is 2.18. The molecule has 0 aliphatic rings. The lowest BCUT2D eigenvalue weighted by Gasteiger charge is -2.17. The van der Waals surface area contributed by atoms with Crippen molar-refractivity contribution in [3.8, 4) is 23.1 Å². The van der Waals surface area contributed by atoms with Crippen LogP contribution in [-0.2, 0) is 0 Å². The monoisotopic (exact) mass is 397 g/mol. The number of carbonyl (C=O) groups excluding carboxylic acids is 1. The molecule has 0 unspecified atom stereocenters. The summed E-state index contributed by atoms with van der Waals surface area (Å²) in [4.78, 5) is 17.1. The molecule has 1 amide bonds. The molecular weight excluding hydrogens is 374 g/mol. The minimum absolute atomic E-state index is 0.311. The molecule has 29 heavy (non-hydrogen) atoms. The van der Waals surface area contributed by atoms with Gasteiger partial charge in [-0.3, -0.25) is 9.36 Å². The van der Waals surface area contributed by atoms with Crippen LogP contribution >= 0.6 is 0 Å². The van der Waals surface area contributed by atoms with Crippen molar-refractivity contribution in [2.75, 3.05) is 25.1 Å². The van der Waals surface area contributed by atoms with Crippen LogP contribution in [0.4, 0.5) is 5.69 Å². The Morgan fingerprint density at radius 3 is 2.10 bits per heavy atom. The largest absolute Gasteiger partial charge is 0.490 e. The molecule has 3 aromatic rings. The highest BCUT2D eigenvalue weighted by atomic mass is 16.5. The van der Waals surface area contributed by atoms with E-state index in [0.717, 1.165) is 0 Å². The SMILES string of the molecule is CCOc1cc(C(=O)Nc2ccc(-n3cnnc3)nc2)cc(OCC)c1OCC. The maximum absolute atomic E-state index is 12.8. The maximum Gasteiger partial charge on any atom is 0.255 e. The summed E-state index contributed by atoms with van der Waals surface area (Å²) < 4.78 is 18.7. The minimum Gasteiger partial charge on any atom is -0.490 e. The van der Waals surface area contributed by atoms with Gasteiger partial charge in [0.1, 0.15) is 18.5 Å². The molecule has 0 saturated carbocycles. The number of pyridine rings is 1. The number of hydrogen-bond donors (Lipinski definition) is 1. The van der Waals surface area contributed by atoms with Gasteiger partial charge in [-0.25, -0.2) is 4.98 Å². The Labute approximate surface area is 168 Å².